The van der Waals surface area contributed by atoms with Crippen molar-refractivity contribution in [3.8, 4) is 0 Å². The van der Waals surface area contributed by atoms with Crippen LogP contribution < -0.4 is 5.32 Å². The lowest BCUT2D eigenvalue weighted by atomic mass is 9.70. The molecular formula is C21H25Cl2NO. The number of hydrogen-bond donors (Lipinski definition) is 2. The lowest BCUT2D eigenvalue weighted by Crippen LogP contribution is -2.52. The molecule has 1 saturated heterocycles. The molecule has 0 unspecified atom stereocenters. The van der Waals surface area contributed by atoms with Crippen molar-refractivity contribution >= 4 is 23.2 Å². The predicted molar refractivity (Wildman–Crippen MR) is 105 cm³/mol. The molecule has 1 aliphatic heterocycles. The first-order valence-corrected chi connectivity index (χ1v) is 9.68. The molecule has 1 aliphatic rings. The molecule has 4 heteroatoms. The van der Waals surface area contributed by atoms with Crippen molar-refractivity contribution in [2.45, 2.75) is 50.8 Å². The summed E-state index contributed by atoms with van der Waals surface area (Å²) in [5, 5.41) is 16.6. The summed E-state index contributed by atoms with van der Waals surface area (Å²) in [6, 6.07) is 16.0. The maximum absolute atomic E-state index is 11.4. The third kappa shape index (κ3) is 4.03. The first-order valence-electron chi connectivity index (χ1n) is 8.92. The largest absolute Gasteiger partial charge is 0.389 e. The molecule has 2 aromatic rings. The number of halogens is 2. The Labute approximate surface area is 160 Å². The van der Waals surface area contributed by atoms with Crippen molar-refractivity contribution in [3.05, 3.63) is 69.7 Å². The number of aliphatic hydroxyl groups is 1. The summed E-state index contributed by atoms with van der Waals surface area (Å²) in [4.78, 5) is 0. The molecule has 25 heavy (non-hydrogen) atoms. The maximum atomic E-state index is 11.4. The van der Waals surface area contributed by atoms with Gasteiger partial charge in [-0.1, -0.05) is 67.7 Å². The van der Waals surface area contributed by atoms with E-state index in [-0.39, 0.29) is 18.0 Å². The molecule has 2 nitrogen and oxygen atoms in total. The van der Waals surface area contributed by atoms with Gasteiger partial charge in [0, 0.05) is 28.0 Å². The monoisotopic (exact) mass is 377 g/mol. The smallest absolute Gasteiger partial charge is 0.0709 e. The number of rotatable bonds is 4. The Hall–Kier alpha value is -1.06. The van der Waals surface area contributed by atoms with E-state index in [4.69, 9.17) is 23.2 Å². The summed E-state index contributed by atoms with van der Waals surface area (Å²) in [7, 11) is 0. The normalized spacial score (nSPS) is 29.6. The lowest BCUT2D eigenvalue weighted by molar-refractivity contribution is -0.0743. The second-order valence-corrected chi connectivity index (χ2v) is 8.02. The van der Waals surface area contributed by atoms with E-state index >= 15 is 0 Å². The number of hydrogen-bond acceptors (Lipinski definition) is 2. The number of piperidine rings is 1. The minimum Gasteiger partial charge on any atom is -0.389 e. The Bertz CT molecular complexity index is 701. The molecule has 0 aromatic heterocycles. The van der Waals surface area contributed by atoms with Crippen LogP contribution in [0.2, 0.25) is 10.0 Å². The van der Waals surface area contributed by atoms with Crippen LogP contribution in [0.15, 0.2) is 48.5 Å². The fourth-order valence-corrected chi connectivity index (χ4v) is 4.25. The highest BCUT2D eigenvalue weighted by molar-refractivity contribution is 6.30. The van der Waals surface area contributed by atoms with Crippen LogP contribution in [0.5, 0.6) is 0 Å². The van der Waals surface area contributed by atoms with Gasteiger partial charge in [-0.05, 0) is 48.2 Å². The third-order valence-corrected chi connectivity index (χ3v) is 5.97. The Balaban J connectivity index is 1.95. The predicted octanol–water partition coefficient (Wildman–Crippen LogP) is 5.94. The molecule has 0 aliphatic carbocycles. The topological polar surface area (TPSA) is 32.3 Å². The highest BCUT2D eigenvalue weighted by Gasteiger charge is 2.45. The van der Waals surface area contributed by atoms with Crippen molar-refractivity contribution in [2.24, 2.45) is 5.92 Å². The van der Waals surface area contributed by atoms with Crippen LogP contribution >= 0.6 is 23.2 Å². The van der Waals surface area contributed by atoms with Gasteiger partial charge in [-0.3, -0.25) is 0 Å². The van der Waals surface area contributed by atoms with Gasteiger partial charge in [0.15, 0.2) is 0 Å². The number of nitrogens with one attached hydrogen (secondary N) is 1. The first kappa shape index (κ1) is 18.7. The van der Waals surface area contributed by atoms with E-state index in [9.17, 15) is 5.11 Å². The lowest BCUT2D eigenvalue weighted by Gasteiger charge is -2.48. The van der Waals surface area contributed by atoms with Gasteiger partial charge >= 0.3 is 0 Å². The first-order chi connectivity index (χ1) is 11.9. The maximum Gasteiger partial charge on any atom is 0.0709 e. The van der Waals surface area contributed by atoms with Gasteiger partial charge < -0.3 is 10.4 Å². The average Bonchev–Trinajstić information content (AvgIpc) is 2.59. The molecular weight excluding hydrogens is 353 g/mol. The average molecular weight is 378 g/mol. The summed E-state index contributed by atoms with van der Waals surface area (Å²) in [5.74, 6) is 0.108. The van der Waals surface area contributed by atoms with Crippen LogP contribution in [0.3, 0.4) is 0 Å². The van der Waals surface area contributed by atoms with E-state index in [2.05, 4.69) is 19.2 Å². The molecule has 0 spiro atoms. The third-order valence-electron chi connectivity index (χ3n) is 5.47. The van der Waals surface area contributed by atoms with Crippen molar-refractivity contribution < 1.29 is 5.11 Å². The molecule has 0 radical (unpaired) electrons. The molecule has 1 heterocycles. The van der Waals surface area contributed by atoms with Gasteiger partial charge in [0.1, 0.15) is 0 Å². The Morgan fingerprint density at radius 2 is 1.52 bits per heavy atom. The van der Waals surface area contributed by atoms with Gasteiger partial charge in [0.2, 0.25) is 0 Å². The van der Waals surface area contributed by atoms with E-state index in [0.29, 0.717) is 6.42 Å². The fraction of sp³-hybridized carbons (Fsp3) is 0.429. The summed E-state index contributed by atoms with van der Waals surface area (Å²) in [6.45, 7) is 4.27. The summed E-state index contributed by atoms with van der Waals surface area (Å²) in [6.07, 6.45) is 2.46. The molecule has 1 fully saturated rings. The molecule has 134 valence electrons. The second kappa shape index (κ2) is 7.67. The zero-order chi connectivity index (χ0) is 18.0. The van der Waals surface area contributed by atoms with E-state index in [1.54, 1.807) is 0 Å². The Kier molecular flexibility index (Phi) is 5.75. The SMILES string of the molecule is CCC[C@]1(O)C[C@H](c2ccc(Cl)cc2)N[C@H](c2ccc(Cl)cc2)[C@@H]1C. The van der Waals surface area contributed by atoms with Crippen LogP contribution in [0.1, 0.15) is 56.3 Å². The van der Waals surface area contributed by atoms with Crippen LogP contribution in [0.4, 0.5) is 0 Å². The highest BCUT2D eigenvalue weighted by Crippen LogP contribution is 2.45. The van der Waals surface area contributed by atoms with E-state index in [1.165, 1.54) is 0 Å². The van der Waals surface area contributed by atoms with Gasteiger partial charge in [0.25, 0.3) is 0 Å². The molecule has 3 rings (SSSR count). The van der Waals surface area contributed by atoms with Crippen molar-refractivity contribution in [1.82, 2.24) is 5.32 Å². The molecule has 2 N–H and O–H groups in total. The Morgan fingerprint density at radius 3 is 2.04 bits per heavy atom. The standard InChI is InChI=1S/C21H25Cl2NO/c1-3-12-21(25)13-19(15-4-8-17(22)9-5-15)24-20(14(21)2)16-6-10-18(23)11-7-16/h4-11,14,19-20,24-25H,3,12-13H2,1-2H3/t14-,19+,20-,21-/m0/s1. The minimum absolute atomic E-state index is 0.0724. The van der Waals surface area contributed by atoms with Crippen molar-refractivity contribution in [2.75, 3.05) is 0 Å². The van der Waals surface area contributed by atoms with Gasteiger partial charge in [-0.15, -0.1) is 0 Å². The van der Waals surface area contributed by atoms with Crippen LogP contribution in [0, 0.1) is 5.92 Å². The molecule has 2 aromatic carbocycles. The second-order valence-electron chi connectivity index (χ2n) is 7.15. The van der Waals surface area contributed by atoms with Crippen molar-refractivity contribution in [3.63, 3.8) is 0 Å². The molecule has 0 amide bonds. The van der Waals surface area contributed by atoms with Crippen LogP contribution in [-0.4, -0.2) is 10.7 Å². The zero-order valence-corrected chi connectivity index (χ0v) is 16.2. The Morgan fingerprint density at radius 1 is 1.00 bits per heavy atom. The van der Waals surface area contributed by atoms with Gasteiger partial charge in [0.05, 0.1) is 5.60 Å². The summed E-state index contributed by atoms with van der Waals surface area (Å²) >= 11 is 12.1. The van der Waals surface area contributed by atoms with Crippen LogP contribution in [0.25, 0.3) is 0 Å². The van der Waals surface area contributed by atoms with E-state index in [1.807, 2.05) is 48.5 Å². The zero-order valence-electron chi connectivity index (χ0n) is 14.7. The molecule has 0 saturated carbocycles. The minimum atomic E-state index is -0.700. The van der Waals surface area contributed by atoms with E-state index < -0.39 is 5.60 Å². The van der Waals surface area contributed by atoms with Gasteiger partial charge in [-0.2, -0.15) is 0 Å². The fourth-order valence-electron chi connectivity index (χ4n) is 4.00. The molecule has 0 bridgehead atoms. The summed E-state index contributed by atoms with van der Waals surface area (Å²) < 4.78 is 0. The van der Waals surface area contributed by atoms with Crippen LogP contribution in [-0.2, 0) is 0 Å². The quantitative estimate of drug-likeness (QED) is 0.690. The van der Waals surface area contributed by atoms with E-state index in [0.717, 1.165) is 34.0 Å². The van der Waals surface area contributed by atoms with Gasteiger partial charge in [-0.25, -0.2) is 0 Å². The molecule has 4 atom stereocenters. The van der Waals surface area contributed by atoms with Crippen molar-refractivity contribution in [1.29, 1.82) is 0 Å². The number of benzene rings is 2. The summed E-state index contributed by atoms with van der Waals surface area (Å²) in [5.41, 5.74) is 1.61. The highest BCUT2D eigenvalue weighted by atomic mass is 35.5.